The van der Waals surface area contributed by atoms with Gasteiger partial charge in [0.2, 0.25) is 0 Å². The molecule has 1 aromatic rings. The zero-order chi connectivity index (χ0) is 13.1. The van der Waals surface area contributed by atoms with E-state index in [2.05, 4.69) is 11.9 Å². The molecule has 17 heavy (non-hydrogen) atoms. The first-order valence-electron chi connectivity index (χ1n) is 5.74. The Morgan fingerprint density at radius 3 is 2.41 bits per heavy atom. The van der Waals surface area contributed by atoms with Crippen molar-refractivity contribution in [3.8, 4) is 0 Å². The van der Waals surface area contributed by atoms with Crippen molar-refractivity contribution >= 4 is 11.6 Å². The van der Waals surface area contributed by atoms with Crippen molar-refractivity contribution in [1.82, 2.24) is 5.32 Å². The largest absolute Gasteiger partial charge is 0.387 e. The lowest BCUT2D eigenvalue weighted by atomic mass is 9.91. The van der Waals surface area contributed by atoms with Gasteiger partial charge in [-0.15, -0.1) is 0 Å². The summed E-state index contributed by atoms with van der Waals surface area (Å²) in [7, 11) is 0. The fourth-order valence-corrected chi connectivity index (χ4v) is 1.91. The second-order valence-electron chi connectivity index (χ2n) is 4.86. The SMILES string of the molecule is C=C(CC(C)(O)c1ccc(Cl)cc1)NC(C)C. The van der Waals surface area contributed by atoms with Crippen LogP contribution < -0.4 is 5.32 Å². The van der Waals surface area contributed by atoms with Gasteiger partial charge in [0.05, 0.1) is 5.60 Å². The third-order valence-electron chi connectivity index (χ3n) is 2.52. The zero-order valence-electron chi connectivity index (χ0n) is 10.6. The zero-order valence-corrected chi connectivity index (χ0v) is 11.4. The van der Waals surface area contributed by atoms with E-state index in [-0.39, 0.29) is 0 Å². The minimum atomic E-state index is -0.927. The molecule has 2 nitrogen and oxygen atoms in total. The van der Waals surface area contributed by atoms with E-state index < -0.39 is 5.60 Å². The van der Waals surface area contributed by atoms with Gasteiger partial charge < -0.3 is 10.4 Å². The molecule has 0 fully saturated rings. The predicted octanol–water partition coefficient (Wildman–Crippen LogP) is 3.45. The van der Waals surface area contributed by atoms with Gasteiger partial charge in [0.15, 0.2) is 0 Å². The Balaban J connectivity index is 2.74. The van der Waals surface area contributed by atoms with Gasteiger partial charge in [0, 0.05) is 23.2 Å². The minimum absolute atomic E-state index is 0.323. The van der Waals surface area contributed by atoms with Crippen LogP contribution in [0.5, 0.6) is 0 Å². The first-order valence-corrected chi connectivity index (χ1v) is 6.12. The molecule has 0 bridgehead atoms. The van der Waals surface area contributed by atoms with Crippen molar-refractivity contribution in [2.24, 2.45) is 0 Å². The molecule has 1 aromatic carbocycles. The Morgan fingerprint density at radius 2 is 1.94 bits per heavy atom. The fraction of sp³-hybridized carbons (Fsp3) is 0.429. The quantitative estimate of drug-likeness (QED) is 0.843. The molecule has 0 heterocycles. The van der Waals surface area contributed by atoms with Crippen LogP contribution in [0.1, 0.15) is 32.8 Å². The summed E-state index contributed by atoms with van der Waals surface area (Å²) < 4.78 is 0. The first kappa shape index (κ1) is 14.1. The Morgan fingerprint density at radius 1 is 1.41 bits per heavy atom. The highest BCUT2D eigenvalue weighted by Gasteiger charge is 2.24. The molecular weight excluding hydrogens is 234 g/mol. The van der Waals surface area contributed by atoms with Crippen LogP contribution in [0.2, 0.25) is 5.02 Å². The molecule has 0 amide bonds. The molecule has 0 radical (unpaired) electrons. The van der Waals surface area contributed by atoms with E-state index in [0.717, 1.165) is 11.3 Å². The number of nitrogens with one attached hydrogen (secondary N) is 1. The van der Waals surface area contributed by atoms with Gasteiger partial charge in [-0.25, -0.2) is 0 Å². The molecule has 2 N–H and O–H groups in total. The molecule has 0 aliphatic carbocycles. The van der Waals surface area contributed by atoms with E-state index in [1.165, 1.54) is 0 Å². The van der Waals surface area contributed by atoms with E-state index in [9.17, 15) is 5.11 Å². The Bertz CT molecular complexity index is 382. The lowest BCUT2D eigenvalue weighted by molar-refractivity contribution is 0.0558. The Hall–Kier alpha value is -0.990. The van der Waals surface area contributed by atoms with Crippen LogP contribution >= 0.6 is 11.6 Å². The van der Waals surface area contributed by atoms with Gasteiger partial charge in [-0.05, 0) is 38.5 Å². The maximum absolute atomic E-state index is 10.4. The van der Waals surface area contributed by atoms with Crippen molar-refractivity contribution in [3.63, 3.8) is 0 Å². The van der Waals surface area contributed by atoms with E-state index in [4.69, 9.17) is 11.6 Å². The molecule has 0 spiro atoms. The molecule has 0 saturated heterocycles. The lowest BCUT2D eigenvalue weighted by Gasteiger charge is -2.26. The summed E-state index contributed by atoms with van der Waals surface area (Å²) in [5, 5.41) is 14.3. The molecule has 0 aliphatic rings. The summed E-state index contributed by atoms with van der Waals surface area (Å²) in [4.78, 5) is 0. The average molecular weight is 254 g/mol. The number of halogens is 1. The molecule has 1 unspecified atom stereocenters. The summed E-state index contributed by atoms with van der Waals surface area (Å²) in [6, 6.07) is 7.56. The smallest absolute Gasteiger partial charge is 0.0922 e. The second-order valence-corrected chi connectivity index (χ2v) is 5.30. The fourth-order valence-electron chi connectivity index (χ4n) is 1.79. The van der Waals surface area contributed by atoms with Gasteiger partial charge in [-0.2, -0.15) is 0 Å². The van der Waals surface area contributed by atoms with Crippen molar-refractivity contribution in [1.29, 1.82) is 0 Å². The maximum Gasteiger partial charge on any atom is 0.0922 e. The van der Waals surface area contributed by atoms with Crippen LogP contribution in [0.3, 0.4) is 0 Å². The van der Waals surface area contributed by atoms with Gasteiger partial charge in [-0.1, -0.05) is 30.3 Å². The first-order chi connectivity index (χ1) is 7.81. The number of rotatable bonds is 5. The van der Waals surface area contributed by atoms with Crippen LogP contribution in [0, 0.1) is 0 Å². The van der Waals surface area contributed by atoms with Crippen LogP contribution in [0.4, 0.5) is 0 Å². The molecule has 94 valence electrons. The molecule has 0 saturated carbocycles. The Labute approximate surface area is 108 Å². The van der Waals surface area contributed by atoms with Gasteiger partial charge in [0.25, 0.3) is 0 Å². The molecule has 1 atom stereocenters. The topological polar surface area (TPSA) is 32.3 Å². The maximum atomic E-state index is 10.4. The highest BCUT2D eigenvalue weighted by molar-refractivity contribution is 6.30. The number of hydrogen-bond donors (Lipinski definition) is 2. The van der Waals surface area contributed by atoms with Gasteiger partial charge in [0.1, 0.15) is 0 Å². The van der Waals surface area contributed by atoms with Crippen molar-refractivity contribution < 1.29 is 5.11 Å². The molecule has 1 rings (SSSR count). The molecule has 0 aliphatic heterocycles. The normalized spacial score (nSPS) is 14.5. The number of aliphatic hydroxyl groups is 1. The van der Waals surface area contributed by atoms with E-state index >= 15 is 0 Å². The van der Waals surface area contributed by atoms with Crippen LogP contribution in [0.15, 0.2) is 36.5 Å². The summed E-state index contributed by atoms with van der Waals surface area (Å²) in [5.41, 5.74) is 0.748. The summed E-state index contributed by atoms with van der Waals surface area (Å²) in [6.45, 7) is 9.79. The number of hydrogen-bond acceptors (Lipinski definition) is 2. The monoisotopic (exact) mass is 253 g/mol. The van der Waals surface area contributed by atoms with E-state index in [1.807, 2.05) is 26.0 Å². The van der Waals surface area contributed by atoms with Gasteiger partial charge >= 0.3 is 0 Å². The van der Waals surface area contributed by atoms with Crippen LogP contribution in [-0.4, -0.2) is 11.1 Å². The summed E-state index contributed by atoms with van der Waals surface area (Å²) in [5.74, 6) is 0. The predicted molar refractivity (Wildman–Crippen MR) is 73.1 cm³/mol. The Kier molecular flexibility index (Phi) is 4.61. The minimum Gasteiger partial charge on any atom is -0.387 e. The van der Waals surface area contributed by atoms with Crippen molar-refractivity contribution in [2.75, 3.05) is 0 Å². The standard InChI is InChI=1S/C14H20ClNO/c1-10(2)16-11(3)9-14(4,17)12-5-7-13(15)8-6-12/h5-8,10,16-17H,3,9H2,1-2,4H3. The highest BCUT2D eigenvalue weighted by Crippen LogP contribution is 2.27. The molecule has 0 aromatic heterocycles. The lowest BCUT2D eigenvalue weighted by Crippen LogP contribution is -2.29. The summed E-state index contributed by atoms with van der Waals surface area (Å²) in [6.07, 6.45) is 0.479. The number of benzene rings is 1. The molecular formula is C14H20ClNO. The van der Waals surface area contributed by atoms with E-state index in [1.54, 1.807) is 19.1 Å². The van der Waals surface area contributed by atoms with Gasteiger partial charge in [-0.3, -0.25) is 0 Å². The van der Waals surface area contributed by atoms with Crippen molar-refractivity contribution in [3.05, 3.63) is 47.1 Å². The van der Waals surface area contributed by atoms with E-state index in [0.29, 0.717) is 17.5 Å². The third-order valence-corrected chi connectivity index (χ3v) is 2.77. The highest BCUT2D eigenvalue weighted by atomic mass is 35.5. The average Bonchev–Trinajstić information content (AvgIpc) is 2.15. The van der Waals surface area contributed by atoms with Crippen LogP contribution in [0.25, 0.3) is 0 Å². The van der Waals surface area contributed by atoms with Crippen LogP contribution in [-0.2, 0) is 5.60 Å². The van der Waals surface area contributed by atoms with Crippen molar-refractivity contribution in [2.45, 2.75) is 38.8 Å². The summed E-state index contributed by atoms with van der Waals surface area (Å²) >= 11 is 5.82. The molecule has 3 heteroatoms. The third kappa shape index (κ3) is 4.41. The second kappa shape index (κ2) is 5.56.